The fourth-order valence-electron chi connectivity index (χ4n) is 3.44. The lowest BCUT2D eigenvalue weighted by molar-refractivity contribution is 0.0992. The number of fused-ring (bicyclic) bond motifs is 2. The topological polar surface area (TPSA) is 60.9 Å². The molecule has 3 aromatic heterocycles. The van der Waals surface area contributed by atoms with Crippen molar-refractivity contribution in [3.63, 3.8) is 0 Å². The molecule has 0 atom stereocenters. The van der Waals surface area contributed by atoms with Crippen LogP contribution in [0.25, 0.3) is 32.9 Å². The van der Waals surface area contributed by atoms with E-state index in [2.05, 4.69) is 22.2 Å². The Labute approximate surface area is 161 Å². The Morgan fingerprint density at radius 3 is 2.75 bits per heavy atom. The number of nitrogens with zero attached hydrogens (tertiary/aromatic N) is 3. The molecule has 5 heteroatoms. The maximum absolute atomic E-state index is 12.7. The van der Waals surface area contributed by atoms with E-state index in [1.807, 2.05) is 56.0 Å². The van der Waals surface area contributed by atoms with E-state index < -0.39 is 0 Å². The number of carbonyl (C=O) groups excluding carboxylic acids is 1. The Balaban J connectivity index is 1.45. The van der Waals surface area contributed by atoms with E-state index in [-0.39, 0.29) is 12.2 Å². The molecule has 3 heterocycles. The van der Waals surface area contributed by atoms with Gasteiger partial charge in [-0.1, -0.05) is 12.1 Å². The van der Waals surface area contributed by atoms with Gasteiger partial charge in [0.25, 0.3) is 0 Å². The van der Waals surface area contributed by atoms with Crippen LogP contribution in [0, 0.1) is 0 Å². The molecular weight excluding hydrogens is 350 g/mol. The van der Waals surface area contributed by atoms with Gasteiger partial charge in [-0.15, -0.1) is 0 Å². The molecule has 0 unspecified atom stereocenters. The third-order valence-electron chi connectivity index (χ3n) is 4.93. The second kappa shape index (κ2) is 6.46. The Bertz CT molecular complexity index is 1330. The number of hydrogen-bond donors (Lipinski definition) is 0. The first-order chi connectivity index (χ1) is 13.7. The largest absolute Gasteiger partial charge is 0.464 e. The van der Waals surface area contributed by atoms with Crippen molar-refractivity contribution in [1.82, 2.24) is 14.8 Å². The van der Waals surface area contributed by atoms with Gasteiger partial charge in [-0.3, -0.25) is 14.5 Å². The van der Waals surface area contributed by atoms with Crippen molar-refractivity contribution < 1.29 is 9.21 Å². The number of rotatable bonds is 4. The van der Waals surface area contributed by atoms with Crippen LogP contribution in [0.3, 0.4) is 0 Å². The molecule has 0 spiro atoms. The van der Waals surface area contributed by atoms with E-state index in [1.54, 1.807) is 17.0 Å². The average molecular weight is 367 g/mol. The predicted octanol–water partition coefficient (Wildman–Crippen LogP) is 4.81. The molecule has 0 radical (unpaired) electrons. The molecular formula is C23H17N3O2. The van der Waals surface area contributed by atoms with Crippen LogP contribution < -0.4 is 0 Å². The quantitative estimate of drug-likeness (QED) is 0.428. The van der Waals surface area contributed by atoms with Crippen LogP contribution in [-0.2, 0) is 13.5 Å². The molecule has 0 aliphatic heterocycles. The van der Waals surface area contributed by atoms with E-state index in [9.17, 15) is 4.79 Å². The maximum atomic E-state index is 12.7. The standard InChI is InChI=1S/C23H17N3O2/c1-26-14-20(13-25-26)15-2-3-18-12-24-21(10-19(18)8-15)11-22(27)16-4-5-23-17(9-16)6-7-28-23/h2-10,12-14H,11H2,1H3. The monoisotopic (exact) mass is 367 g/mol. The number of Topliss-reactive ketones (excluding diaryl/α,β-unsaturated/α-hetero) is 1. The smallest absolute Gasteiger partial charge is 0.168 e. The summed E-state index contributed by atoms with van der Waals surface area (Å²) in [5, 5.41) is 7.27. The van der Waals surface area contributed by atoms with Crippen LogP contribution >= 0.6 is 0 Å². The Morgan fingerprint density at radius 2 is 1.89 bits per heavy atom. The number of pyridine rings is 1. The highest BCUT2D eigenvalue weighted by atomic mass is 16.3. The summed E-state index contributed by atoms with van der Waals surface area (Å²) >= 11 is 0. The lowest BCUT2D eigenvalue weighted by Crippen LogP contribution is -2.05. The highest BCUT2D eigenvalue weighted by molar-refractivity contribution is 6.00. The maximum Gasteiger partial charge on any atom is 0.168 e. The summed E-state index contributed by atoms with van der Waals surface area (Å²) in [6.45, 7) is 0. The normalized spacial score (nSPS) is 11.3. The Kier molecular flexibility index (Phi) is 3.79. The highest BCUT2D eigenvalue weighted by Gasteiger charge is 2.11. The predicted molar refractivity (Wildman–Crippen MR) is 108 cm³/mol. The van der Waals surface area contributed by atoms with E-state index >= 15 is 0 Å². The molecule has 0 fully saturated rings. The van der Waals surface area contributed by atoms with Crippen molar-refractivity contribution in [2.24, 2.45) is 7.05 Å². The minimum Gasteiger partial charge on any atom is -0.464 e. The SMILES string of the molecule is Cn1cc(-c2ccc3cnc(CC(=O)c4ccc5occc5c4)cc3c2)cn1. The number of carbonyl (C=O) groups is 1. The Morgan fingerprint density at radius 1 is 0.964 bits per heavy atom. The summed E-state index contributed by atoms with van der Waals surface area (Å²) < 4.78 is 7.12. The molecule has 5 rings (SSSR count). The molecule has 2 aromatic carbocycles. The first-order valence-electron chi connectivity index (χ1n) is 9.04. The van der Waals surface area contributed by atoms with Gasteiger partial charge in [0.05, 0.1) is 18.9 Å². The molecule has 0 bridgehead atoms. The van der Waals surface area contributed by atoms with Crippen LogP contribution in [0.2, 0.25) is 0 Å². The number of furan rings is 1. The molecule has 0 saturated heterocycles. The van der Waals surface area contributed by atoms with E-state index in [4.69, 9.17) is 4.42 Å². The zero-order chi connectivity index (χ0) is 19.1. The molecule has 0 saturated carbocycles. The van der Waals surface area contributed by atoms with Gasteiger partial charge < -0.3 is 4.42 Å². The van der Waals surface area contributed by atoms with Gasteiger partial charge in [0, 0.05) is 47.0 Å². The van der Waals surface area contributed by atoms with Crippen molar-refractivity contribution in [2.75, 3.05) is 0 Å². The first-order valence-corrected chi connectivity index (χ1v) is 9.04. The fraction of sp³-hybridized carbons (Fsp3) is 0.0870. The average Bonchev–Trinajstić information content (AvgIpc) is 3.35. The van der Waals surface area contributed by atoms with Gasteiger partial charge in [-0.25, -0.2) is 0 Å². The minimum absolute atomic E-state index is 0.0402. The minimum atomic E-state index is 0.0402. The van der Waals surface area contributed by atoms with E-state index in [1.165, 1.54) is 0 Å². The lowest BCUT2D eigenvalue weighted by Gasteiger charge is -2.05. The van der Waals surface area contributed by atoms with Crippen LogP contribution in [0.4, 0.5) is 0 Å². The third kappa shape index (κ3) is 2.97. The summed E-state index contributed by atoms with van der Waals surface area (Å²) in [5.41, 5.74) is 4.36. The van der Waals surface area contributed by atoms with Gasteiger partial charge >= 0.3 is 0 Å². The Hall–Kier alpha value is -3.73. The zero-order valence-electron chi connectivity index (χ0n) is 15.3. The number of aryl methyl sites for hydroxylation is 1. The van der Waals surface area contributed by atoms with Crippen LogP contribution in [-0.4, -0.2) is 20.5 Å². The van der Waals surface area contributed by atoms with E-state index in [0.29, 0.717) is 5.56 Å². The molecule has 0 aliphatic carbocycles. The zero-order valence-corrected chi connectivity index (χ0v) is 15.3. The van der Waals surface area contributed by atoms with E-state index in [0.717, 1.165) is 38.6 Å². The molecule has 0 amide bonds. The second-order valence-corrected chi connectivity index (χ2v) is 6.91. The van der Waals surface area contributed by atoms with Crippen LogP contribution in [0.1, 0.15) is 16.1 Å². The van der Waals surface area contributed by atoms with Gasteiger partial charge in [-0.2, -0.15) is 5.10 Å². The van der Waals surface area contributed by atoms with Crippen molar-refractivity contribution in [3.05, 3.63) is 84.6 Å². The van der Waals surface area contributed by atoms with Crippen molar-refractivity contribution in [1.29, 1.82) is 0 Å². The number of aromatic nitrogens is 3. The third-order valence-corrected chi connectivity index (χ3v) is 4.93. The van der Waals surface area contributed by atoms with Crippen LogP contribution in [0.15, 0.2) is 77.8 Å². The van der Waals surface area contributed by atoms with Crippen molar-refractivity contribution in [3.8, 4) is 11.1 Å². The number of ketones is 1. The van der Waals surface area contributed by atoms with Gasteiger partial charge in [-0.05, 0) is 47.3 Å². The van der Waals surface area contributed by atoms with Crippen molar-refractivity contribution >= 4 is 27.5 Å². The molecule has 0 aliphatic rings. The summed E-state index contributed by atoms with van der Waals surface area (Å²) in [5.74, 6) is 0.0402. The molecule has 136 valence electrons. The summed E-state index contributed by atoms with van der Waals surface area (Å²) in [6, 6.07) is 15.6. The lowest BCUT2D eigenvalue weighted by atomic mass is 10.0. The molecule has 5 aromatic rings. The summed E-state index contributed by atoms with van der Waals surface area (Å²) in [4.78, 5) is 17.2. The van der Waals surface area contributed by atoms with Gasteiger partial charge in [0.15, 0.2) is 5.78 Å². The molecule has 5 nitrogen and oxygen atoms in total. The van der Waals surface area contributed by atoms with Crippen molar-refractivity contribution in [2.45, 2.75) is 6.42 Å². The fourth-order valence-corrected chi connectivity index (χ4v) is 3.44. The summed E-state index contributed by atoms with van der Waals surface area (Å²) in [7, 11) is 1.90. The number of benzene rings is 2. The highest BCUT2D eigenvalue weighted by Crippen LogP contribution is 2.25. The van der Waals surface area contributed by atoms with Gasteiger partial charge in [0.1, 0.15) is 5.58 Å². The van der Waals surface area contributed by atoms with Gasteiger partial charge in [0.2, 0.25) is 0 Å². The second-order valence-electron chi connectivity index (χ2n) is 6.91. The molecule has 0 N–H and O–H groups in total. The summed E-state index contributed by atoms with van der Waals surface area (Å²) in [6.07, 6.45) is 7.54. The number of hydrogen-bond acceptors (Lipinski definition) is 4. The first kappa shape index (κ1) is 16.4. The van der Waals surface area contributed by atoms with Crippen LogP contribution in [0.5, 0.6) is 0 Å². The molecule has 28 heavy (non-hydrogen) atoms.